The molecular formula is C21H16ClNO3. The van der Waals surface area contributed by atoms with Crippen LogP contribution in [0.15, 0.2) is 72.8 Å². The van der Waals surface area contributed by atoms with Crippen molar-refractivity contribution in [2.24, 2.45) is 0 Å². The van der Waals surface area contributed by atoms with Crippen molar-refractivity contribution in [2.45, 2.75) is 0 Å². The van der Waals surface area contributed by atoms with Gasteiger partial charge in [-0.2, -0.15) is 0 Å². The summed E-state index contributed by atoms with van der Waals surface area (Å²) < 4.78 is 5.22. The van der Waals surface area contributed by atoms with Gasteiger partial charge < -0.3 is 10.1 Å². The maximum Gasteiger partial charge on any atom is 0.259 e. The van der Waals surface area contributed by atoms with Crippen LogP contribution in [0.1, 0.15) is 26.3 Å². The minimum absolute atomic E-state index is 0.219. The number of hydrogen-bond donors (Lipinski definition) is 1. The summed E-state index contributed by atoms with van der Waals surface area (Å²) in [4.78, 5) is 25.5. The van der Waals surface area contributed by atoms with Gasteiger partial charge in [-0.3, -0.25) is 9.59 Å². The Labute approximate surface area is 156 Å². The predicted octanol–water partition coefficient (Wildman–Crippen LogP) is 4.83. The second kappa shape index (κ2) is 7.85. The van der Waals surface area contributed by atoms with Crippen LogP contribution in [0.25, 0.3) is 0 Å². The Bertz CT molecular complexity index is 954. The molecular weight excluding hydrogens is 350 g/mol. The quantitative estimate of drug-likeness (QED) is 0.659. The van der Waals surface area contributed by atoms with Crippen LogP contribution in [0.4, 0.5) is 5.69 Å². The lowest BCUT2D eigenvalue weighted by Crippen LogP contribution is -2.16. The largest absolute Gasteiger partial charge is 0.496 e. The number of ether oxygens (including phenoxy) is 1. The van der Waals surface area contributed by atoms with Crippen LogP contribution in [-0.2, 0) is 0 Å². The topological polar surface area (TPSA) is 55.4 Å². The van der Waals surface area contributed by atoms with Crippen LogP contribution in [0.2, 0.25) is 5.02 Å². The fourth-order valence-corrected chi connectivity index (χ4v) is 2.75. The van der Waals surface area contributed by atoms with E-state index in [1.54, 1.807) is 66.7 Å². The summed E-state index contributed by atoms with van der Waals surface area (Å²) in [7, 11) is 1.50. The highest BCUT2D eigenvalue weighted by molar-refractivity contribution is 6.31. The fourth-order valence-electron chi connectivity index (χ4n) is 2.58. The average Bonchev–Trinajstić information content (AvgIpc) is 2.69. The van der Waals surface area contributed by atoms with E-state index in [4.69, 9.17) is 16.3 Å². The molecule has 26 heavy (non-hydrogen) atoms. The van der Waals surface area contributed by atoms with Gasteiger partial charge in [0.25, 0.3) is 5.91 Å². The number of amides is 1. The van der Waals surface area contributed by atoms with Gasteiger partial charge in [-0.25, -0.2) is 0 Å². The highest BCUT2D eigenvalue weighted by Crippen LogP contribution is 2.25. The molecule has 0 radical (unpaired) electrons. The smallest absolute Gasteiger partial charge is 0.259 e. The summed E-state index contributed by atoms with van der Waals surface area (Å²) >= 11 is 6.06. The molecule has 0 heterocycles. The first-order chi connectivity index (χ1) is 12.6. The van der Waals surface area contributed by atoms with E-state index in [0.717, 1.165) is 0 Å². The molecule has 0 aliphatic carbocycles. The highest BCUT2D eigenvalue weighted by Gasteiger charge is 2.18. The van der Waals surface area contributed by atoms with Crippen LogP contribution in [0, 0.1) is 0 Å². The van der Waals surface area contributed by atoms with Gasteiger partial charge in [-0.05, 0) is 30.3 Å². The Morgan fingerprint density at radius 1 is 0.885 bits per heavy atom. The first-order valence-corrected chi connectivity index (χ1v) is 8.31. The summed E-state index contributed by atoms with van der Waals surface area (Å²) in [5.41, 5.74) is 1.61. The second-order valence-electron chi connectivity index (χ2n) is 5.54. The standard InChI is InChI=1S/C21H16ClNO3/c1-26-19-10-6-5-9-16(19)21(25)23-18-12-11-15(22)13-17(18)20(24)14-7-3-2-4-8-14/h2-13H,1H3,(H,23,25). The third kappa shape index (κ3) is 3.76. The molecule has 4 nitrogen and oxygen atoms in total. The normalized spacial score (nSPS) is 10.2. The second-order valence-corrected chi connectivity index (χ2v) is 5.98. The van der Waals surface area contributed by atoms with Gasteiger partial charge in [0.05, 0.1) is 18.4 Å². The molecule has 1 amide bonds. The molecule has 0 spiro atoms. The molecule has 0 fully saturated rings. The van der Waals surface area contributed by atoms with Crippen molar-refractivity contribution in [3.8, 4) is 5.75 Å². The Hall–Kier alpha value is -3.11. The molecule has 0 aliphatic heterocycles. The third-order valence-corrected chi connectivity index (χ3v) is 4.10. The van der Waals surface area contributed by atoms with Gasteiger partial charge >= 0.3 is 0 Å². The number of para-hydroxylation sites is 1. The van der Waals surface area contributed by atoms with Crippen molar-refractivity contribution >= 4 is 29.0 Å². The van der Waals surface area contributed by atoms with E-state index in [1.807, 2.05) is 6.07 Å². The number of methoxy groups -OCH3 is 1. The van der Waals surface area contributed by atoms with Crippen molar-refractivity contribution in [1.82, 2.24) is 0 Å². The lowest BCUT2D eigenvalue weighted by Gasteiger charge is -2.13. The maximum absolute atomic E-state index is 12.8. The molecule has 0 saturated carbocycles. The molecule has 3 rings (SSSR count). The molecule has 0 atom stereocenters. The number of halogens is 1. The predicted molar refractivity (Wildman–Crippen MR) is 102 cm³/mol. The minimum atomic E-state index is -0.369. The van der Waals surface area contributed by atoms with Crippen molar-refractivity contribution in [3.05, 3.63) is 94.5 Å². The van der Waals surface area contributed by atoms with E-state index >= 15 is 0 Å². The van der Waals surface area contributed by atoms with Gasteiger partial charge in [-0.15, -0.1) is 0 Å². The van der Waals surface area contributed by atoms with Crippen LogP contribution in [0.3, 0.4) is 0 Å². The maximum atomic E-state index is 12.8. The molecule has 130 valence electrons. The molecule has 0 aromatic heterocycles. The van der Waals surface area contributed by atoms with Crippen molar-refractivity contribution < 1.29 is 14.3 Å². The molecule has 0 unspecified atom stereocenters. The zero-order valence-corrected chi connectivity index (χ0v) is 14.8. The van der Waals surface area contributed by atoms with Gasteiger partial charge in [0.2, 0.25) is 0 Å². The summed E-state index contributed by atoms with van der Waals surface area (Å²) in [6.07, 6.45) is 0. The molecule has 0 saturated heterocycles. The number of nitrogens with one attached hydrogen (secondary N) is 1. The molecule has 0 bridgehead atoms. The third-order valence-electron chi connectivity index (χ3n) is 3.86. The van der Waals surface area contributed by atoms with E-state index in [-0.39, 0.29) is 11.7 Å². The number of carbonyl (C=O) groups excluding carboxylic acids is 2. The number of rotatable bonds is 5. The summed E-state index contributed by atoms with van der Waals surface area (Å²) in [5, 5.41) is 3.20. The lowest BCUT2D eigenvalue weighted by atomic mass is 10.0. The molecule has 3 aromatic rings. The number of benzene rings is 3. The molecule has 5 heteroatoms. The van der Waals surface area contributed by atoms with Crippen LogP contribution >= 0.6 is 11.6 Å². The minimum Gasteiger partial charge on any atom is -0.496 e. The average molecular weight is 366 g/mol. The van der Waals surface area contributed by atoms with Gasteiger partial charge in [0.1, 0.15) is 5.75 Å². The van der Waals surface area contributed by atoms with E-state index < -0.39 is 0 Å². The zero-order valence-electron chi connectivity index (χ0n) is 14.0. The lowest BCUT2D eigenvalue weighted by molar-refractivity contribution is 0.102. The fraction of sp³-hybridized carbons (Fsp3) is 0.0476. The van der Waals surface area contributed by atoms with Gasteiger partial charge in [0, 0.05) is 16.1 Å². The molecule has 1 N–H and O–H groups in total. The summed E-state index contributed by atoms with van der Waals surface area (Å²) in [6, 6.07) is 20.5. The van der Waals surface area contributed by atoms with Crippen LogP contribution in [-0.4, -0.2) is 18.8 Å². The van der Waals surface area contributed by atoms with E-state index in [2.05, 4.69) is 5.32 Å². The number of ketones is 1. The highest BCUT2D eigenvalue weighted by atomic mass is 35.5. The number of hydrogen-bond acceptors (Lipinski definition) is 3. The Balaban J connectivity index is 1.96. The van der Waals surface area contributed by atoms with Gasteiger partial charge in [0.15, 0.2) is 5.78 Å². The Morgan fingerprint density at radius 2 is 1.58 bits per heavy atom. The van der Waals surface area contributed by atoms with E-state index in [9.17, 15) is 9.59 Å². The Kier molecular flexibility index (Phi) is 5.34. The monoisotopic (exact) mass is 365 g/mol. The van der Waals surface area contributed by atoms with E-state index in [0.29, 0.717) is 33.1 Å². The summed E-state index contributed by atoms with van der Waals surface area (Å²) in [5.74, 6) is -0.134. The van der Waals surface area contributed by atoms with Crippen molar-refractivity contribution in [2.75, 3.05) is 12.4 Å². The first-order valence-electron chi connectivity index (χ1n) is 7.94. The van der Waals surface area contributed by atoms with Crippen molar-refractivity contribution in [1.29, 1.82) is 0 Å². The van der Waals surface area contributed by atoms with Gasteiger partial charge in [-0.1, -0.05) is 54.1 Å². The Morgan fingerprint density at radius 3 is 2.31 bits per heavy atom. The molecule has 0 aliphatic rings. The van der Waals surface area contributed by atoms with Crippen LogP contribution < -0.4 is 10.1 Å². The number of carbonyl (C=O) groups is 2. The zero-order chi connectivity index (χ0) is 18.5. The summed E-state index contributed by atoms with van der Waals surface area (Å²) in [6.45, 7) is 0. The SMILES string of the molecule is COc1ccccc1C(=O)Nc1ccc(Cl)cc1C(=O)c1ccccc1. The molecule has 3 aromatic carbocycles. The number of anilines is 1. The van der Waals surface area contributed by atoms with Crippen LogP contribution in [0.5, 0.6) is 5.75 Å². The van der Waals surface area contributed by atoms with Crippen molar-refractivity contribution in [3.63, 3.8) is 0 Å². The van der Waals surface area contributed by atoms with E-state index in [1.165, 1.54) is 7.11 Å². The first kappa shape index (κ1) is 17.7.